The van der Waals surface area contributed by atoms with E-state index in [1.165, 1.54) is 25.4 Å². The molecular formula is C13H16FN3O3. The Bertz CT molecular complexity index is 501. The molecule has 0 atom stereocenters. The van der Waals surface area contributed by atoms with E-state index in [0.29, 0.717) is 26.2 Å². The molecule has 1 aromatic rings. The second-order valence-electron chi connectivity index (χ2n) is 4.49. The lowest BCUT2D eigenvalue weighted by atomic mass is 10.2. The molecule has 7 heteroatoms. The van der Waals surface area contributed by atoms with E-state index >= 15 is 0 Å². The third-order valence-electron chi connectivity index (χ3n) is 3.23. The van der Waals surface area contributed by atoms with Gasteiger partial charge >= 0.3 is 5.97 Å². The molecule has 0 unspecified atom stereocenters. The summed E-state index contributed by atoms with van der Waals surface area (Å²) in [5, 5.41) is 0. The highest BCUT2D eigenvalue weighted by atomic mass is 19.1. The van der Waals surface area contributed by atoms with Crippen LogP contribution >= 0.6 is 0 Å². The fourth-order valence-corrected chi connectivity index (χ4v) is 2.07. The van der Waals surface area contributed by atoms with Crippen molar-refractivity contribution in [2.75, 3.05) is 39.8 Å². The van der Waals surface area contributed by atoms with Crippen molar-refractivity contribution in [1.29, 1.82) is 0 Å². The highest BCUT2D eigenvalue weighted by Gasteiger charge is 2.25. The van der Waals surface area contributed by atoms with E-state index < -0.39 is 5.95 Å². The van der Waals surface area contributed by atoms with Crippen LogP contribution in [0, 0.1) is 5.95 Å². The second kappa shape index (κ2) is 6.42. The number of esters is 1. The topological polar surface area (TPSA) is 62.7 Å². The molecule has 1 aliphatic heterocycles. The summed E-state index contributed by atoms with van der Waals surface area (Å²) in [4.78, 5) is 30.2. The SMILES string of the molecule is COC(=O)CN1CCN(C(=O)c2cccnc2F)CC1. The van der Waals surface area contributed by atoms with Gasteiger partial charge in [0.05, 0.1) is 19.2 Å². The van der Waals surface area contributed by atoms with Crippen LogP contribution in [0.5, 0.6) is 0 Å². The molecule has 0 spiro atoms. The molecule has 2 heterocycles. The zero-order valence-electron chi connectivity index (χ0n) is 11.2. The minimum absolute atomic E-state index is 0.0195. The van der Waals surface area contributed by atoms with Crippen LogP contribution in [0.25, 0.3) is 0 Å². The number of piperazine rings is 1. The molecule has 0 bridgehead atoms. The predicted molar refractivity (Wildman–Crippen MR) is 68.6 cm³/mol. The number of hydrogen-bond donors (Lipinski definition) is 0. The monoisotopic (exact) mass is 281 g/mol. The van der Waals surface area contributed by atoms with Gasteiger partial charge in [0.25, 0.3) is 5.91 Å². The Morgan fingerprint density at radius 2 is 2.05 bits per heavy atom. The van der Waals surface area contributed by atoms with Crippen molar-refractivity contribution in [3.05, 3.63) is 29.8 Å². The van der Waals surface area contributed by atoms with E-state index in [9.17, 15) is 14.0 Å². The number of carbonyl (C=O) groups is 2. The van der Waals surface area contributed by atoms with E-state index in [-0.39, 0.29) is 24.0 Å². The van der Waals surface area contributed by atoms with Crippen molar-refractivity contribution in [3.63, 3.8) is 0 Å². The number of ether oxygens (including phenoxy) is 1. The maximum atomic E-state index is 13.5. The Balaban J connectivity index is 1.92. The number of amides is 1. The summed E-state index contributed by atoms with van der Waals surface area (Å²) in [5.41, 5.74) is -0.0195. The molecule has 6 nitrogen and oxygen atoms in total. The zero-order chi connectivity index (χ0) is 14.5. The maximum absolute atomic E-state index is 13.5. The number of methoxy groups -OCH3 is 1. The Labute approximate surface area is 116 Å². The average molecular weight is 281 g/mol. The Kier molecular flexibility index (Phi) is 4.62. The number of hydrogen-bond acceptors (Lipinski definition) is 5. The number of halogens is 1. The maximum Gasteiger partial charge on any atom is 0.319 e. The molecule has 0 saturated carbocycles. The van der Waals surface area contributed by atoms with Crippen molar-refractivity contribution in [1.82, 2.24) is 14.8 Å². The number of pyridine rings is 1. The molecule has 108 valence electrons. The Morgan fingerprint density at radius 1 is 1.35 bits per heavy atom. The summed E-state index contributed by atoms with van der Waals surface area (Å²) in [6, 6.07) is 2.95. The highest BCUT2D eigenvalue weighted by molar-refractivity contribution is 5.94. The minimum atomic E-state index is -0.755. The molecule has 2 rings (SSSR count). The molecule has 0 N–H and O–H groups in total. The molecule has 1 aromatic heterocycles. The van der Waals surface area contributed by atoms with Gasteiger partial charge in [-0.3, -0.25) is 14.5 Å². The molecule has 0 aromatic carbocycles. The first-order valence-electron chi connectivity index (χ1n) is 6.31. The fourth-order valence-electron chi connectivity index (χ4n) is 2.07. The average Bonchev–Trinajstić information content (AvgIpc) is 2.47. The molecule has 20 heavy (non-hydrogen) atoms. The van der Waals surface area contributed by atoms with Gasteiger partial charge in [0.2, 0.25) is 5.95 Å². The summed E-state index contributed by atoms with van der Waals surface area (Å²) >= 11 is 0. The van der Waals surface area contributed by atoms with Crippen LogP contribution in [0.1, 0.15) is 10.4 Å². The van der Waals surface area contributed by atoms with Gasteiger partial charge in [-0.2, -0.15) is 4.39 Å². The summed E-state index contributed by atoms with van der Waals surface area (Å²) in [7, 11) is 1.34. The lowest BCUT2D eigenvalue weighted by Crippen LogP contribution is -2.50. The molecular weight excluding hydrogens is 265 g/mol. The van der Waals surface area contributed by atoms with Crippen LogP contribution in [0.15, 0.2) is 18.3 Å². The first-order chi connectivity index (χ1) is 9.61. The standard InChI is InChI=1S/C13H16FN3O3/c1-20-11(18)9-16-5-7-17(8-6-16)13(19)10-3-2-4-15-12(10)14/h2-4H,5-9H2,1H3. The smallest absolute Gasteiger partial charge is 0.319 e. The molecule has 1 saturated heterocycles. The molecule has 1 aliphatic rings. The van der Waals surface area contributed by atoms with E-state index in [4.69, 9.17) is 0 Å². The lowest BCUT2D eigenvalue weighted by molar-refractivity contribution is -0.142. The van der Waals surface area contributed by atoms with Crippen molar-refractivity contribution < 1.29 is 18.7 Å². The summed E-state index contributed by atoms with van der Waals surface area (Å²) < 4.78 is 18.1. The first kappa shape index (κ1) is 14.4. The number of aromatic nitrogens is 1. The van der Waals surface area contributed by atoms with Gasteiger partial charge in [-0.15, -0.1) is 0 Å². The highest BCUT2D eigenvalue weighted by Crippen LogP contribution is 2.10. The fraction of sp³-hybridized carbons (Fsp3) is 0.462. The number of nitrogens with zero attached hydrogens (tertiary/aromatic N) is 3. The van der Waals surface area contributed by atoms with E-state index in [0.717, 1.165) is 0 Å². The van der Waals surface area contributed by atoms with Crippen LogP contribution in [0.3, 0.4) is 0 Å². The van der Waals surface area contributed by atoms with Crippen LogP contribution in [-0.2, 0) is 9.53 Å². The van der Waals surface area contributed by atoms with Gasteiger partial charge in [0.1, 0.15) is 0 Å². The third-order valence-corrected chi connectivity index (χ3v) is 3.23. The van der Waals surface area contributed by atoms with Crippen molar-refractivity contribution in [2.45, 2.75) is 0 Å². The van der Waals surface area contributed by atoms with Gasteiger partial charge in [-0.1, -0.05) is 0 Å². The van der Waals surface area contributed by atoms with E-state index in [1.54, 1.807) is 4.90 Å². The summed E-state index contributed by atoms with van der Waals surface area (Å²) in [6.45, 7) is 2.22. The van der Waals surface area contributed by atoms with Crippen LogP contribution in [-0.4, -0.2) is 66.5 Å². The predicted octanol–water partition coefficient (Wildman–Crippen LogP) is 0.151. The van der Waals surface area contributed by atoms with Crippen molar-refractivity contribution in [3.8, 4) is 0 Å². The van der Waals surface area contributed by atoms with Crippen LogP contribution in [0.4, 0.5) is 4.39 Å². The van der Waals surface area contributed by atoms with E-state index in [1.807, 2.05) is 4.90 Å². The quantitative estimate of drug-likeness (QED) is 0.583. The van der Waals surface area contributed by atoms with Crippen molar-refractivity contribution >= 4 is 11.9 Å². The zero-order valence-corrected chi connectivity index (χ0v) is 11.2. The van der Waals surface area contributed by atoms with Gasteiger partial charge in [-0.25, -0.2) is 4.98 Å². The number of carbonyl (C=O) groups excluding carboxylic acids is 2. The first-order valence-corrected chi connectivity index (χ1v) is 6.31. The largest absolute Gasteiger partial charge is 0.468 e. The lowest BCUT2D eigenvalue weighted by Gasteiger charge is -2.34. The Hall–Kier alpha value is -2.02. The molecule has 1 amide bonds. The van der Waals surface area contributed by atoms with Crippen LogP contribution in [0.2, 0.25) is 0 Å². The Morgan fingerprint density at radius 3 is 2.65 bits per heavy atom. The number of rotatable bonds is 3. The summed E-state index contributed by atoms with van der Waals surface area (Å²) in [5.74, 6) is -1.43. The molecule has 0 aliphatic carbocycles. The summed E-state index contributed by atoms with van der Waals surface area (Å²) in [6.07, 6.45) is 1.31. The van der Waals surface area contributed by atoms with Crippen LogP contribution < -0.4 is 0 Å². The van der Waals surface area contributed by atoms with Gasteiger partial charge in [0, 0.05) is 32.4 Å². The van der Waals surface area contributed by atoms with Crippen molar-refractivity contribution in [2.24, 2.45) is 0 Å². The minimum Gasteiger partial charge on any atom is -0.468 e. The third kappa shape index (κ3) is 3.30. The van der Waals surface area contributed by atoms with Gasteiger partial charge < -0.3 is 9.64 Å². The molecule has 1 fully saturated rings. The van der Waals surface area contributed by atoms with Gasteiger partial charge in [0.15, 0.2) is 0 Å². The molecule has 0 radical (unpaired) electrons. The van der Waals surface area contributed by atoms with E-state index in [2.05, 4.69) is 9.72 Å². The second-order valence-corrected chi connectivity index (χ2v) is 4.49. The normalized spacial score (nSPS) is 16.0. The van der Waals surface area contributed by atoms with Gasteiger partial charge in [-0.05, 0) is 12.1 Å².